The summed E-state index contributed by atoms with van der Waals surface area (Å²) in [4.78, 5) is 11.3. The topological polar surface area (TPSA) is 75.3 Å². The molecule has 1 amide bonds. The van der Waals surface area contributed by atoms with E-state index in [4.69, 9.17) is 5.73 Å². The van der Waals surface area contributed by atoms with Crippen LogP contribution in [0.4, 0.5) is 0 Å². The highest BCUT2D eigenvalue weighted by molar-refractivity contribution is 5.80. The minimum atomic E-state index is -0.341. The van der Waals surface area contributed by atoms with Gasteiger partial charge in [-0.1, -0.05) is 31.9 Å². The van der Waals surface area contributed by atoms with Crippen LogP contribution in [0.2, 0.25) is 0 Å². The third-order valence-corrected chi connectivity index (χ3v) is 2.89. The van der Waals surface area contributed by atoms with Gasteiger partial charge in [0.05, 0.1) is 6.04 Å². The average Bonchev–Trinajstić information content (AvgIpc) is 2.35. The Kier molecular flexibility index (Phi) is 6.22. The van der Waals surface area contributed by atoms with Gasteiger partial charge in [-0.2, -0.15) is 0 Å². The molecule has 4 N–H and O–H groups in total. The summed E-state index contributed by atoms with van der Waals surface area (Å²) in [5.74, 6) is -0.107. The monoisotopic (exact) mass is 250 g/mol. The highest BCUT2D eigenvalue weighted by Gasteiger charge is 2.14. The number of hydrogen-bond acceptors (Lipinski definition) is 3. The molecule has 0 aromatic heterocycles. The van der Waals surface area contributed by atoms with E-state index in [1.165, 1.54) is 0 Å². The maximum Gasteiger partial charge on any atom is 0.234 e. The van der Waals surface area contributed by atoms with Crippen LogP contribution in [-0.2, 0) is 11.2 Å². The van der Waals surface area contributed by atoms with Crippen LogP contribution in [0.3, 0.4) is 0 Å². The number of carbonyl (C=O) groups is 1. The molecule has 18 heavy (non-hydrogen) atoms. The molecule has 1 aromatic carbocycles. The van der Waals surface area contributed by atoms with Crippen molar-refractivity contribution in [3.63, 3.8) is 0 Å². The van der Waals surface area contributed by atoms with E-state index in [1.807, 2.05) is 0 Å². The van der Waals surface area contributed by atoms with E-state index in [-0.39, 0.29) is 17.7 Å². The predicted molar refractivity (Wildman–Crippen MR) is 72.3 cm³/mol. The summed E-state index contributed by atoms with van der Waals surface area (Å²) in [5.41, 5.74) is 6.36. The Labute approximate surface area is 108 Å². The quantitative estimate of drug-likeness (QED) is 0.613. The second-order valence-corrected chi connectivity index (χ2v) is 4.49. The number of hydrogen-bond donors (Lipinski definition) is 3. The molecule has 4 nitrogen and oxygen atoms in total. The van der Waals surface area contributed by atoms with Crippen LogP contribution in [-0.4, -0.2) is 23.6 Å². The van der Waals surface area contributed by atoms with Gasteiger partial charge in [-0.3, -0.25) is 4.79 Å². The number of unbranched alkanes of at least 4 members (excludes halogenated alkanes) is 2. The second kappa shape index (κ2) is 7.71. The Balaban J connectivity index is 2.47. The molecule has 4 heteroatoms. The first-order valence-corrected chi connectivity index (χ1v) is 6.44. The number of benzene rings is 1. The van der Waals surface area contributed by atoms with Crippen LogP contribution >= 0.6 is 0 Å². The molecular formula is C14H22N2O2. The molecule has 0 bridgehead atoms. The summed E-state index contributed by atoms with van der Waals surface area (Å²) < 4.78 is 0. The van der Waals surface area contributed by atoms with Crippen LogP contribution in [0, 0.1) is 0 Å². The van der Waals surface area contributed by atoms with Crippen molar-refractivity contribution >= 4 is 5.91 Å². The van der Waals surface area contributed by atoms with Crippen molar-refractivity contribution in [1.82, 2.24) is 5.32 Å². The maximum atomic E-state index is 11.3. The minimum absolute atomic E-state index is 0.227. The first kappa shape index (κ1) is 14.5. The van der Waals surface area contributed by atoms with Crippen LogP contribution in [0.5, 0.6) is 5.75 Å². The van der Waals surface area contributed by atoms with Gasteiger partial charge in [-0.05, 0) is 37.1 Å². The zero-order valence-corrected chi connectivity index (χ0v) is 10.9. The van der Waals surface area contributed by atoms with Crippen molar-refractivity contribution in [3.05, 3.63) is 29.8 Å². The summed E-state index contributed by atoms with van der Waals surface area (Å²) in [5, 5.41) is 12.4. The number of amides is 1. The first-order valence-electron chi connectivity index (χ1n) is 6.44. The number of carbonyl (C=O) groups excluding carboxylic acids is 1. The van der Waals surface area contributed by atoms with E-state index in [0.29, 0.717) is 6.42 Å². The minimum Gasteiger partial charge on any atom is -0.508 e. The molecule has 0 aliphatic rings. The van der Waals surface area contributed by atoms with Crippen LogP contribution in [0.1, 0.15) is 31.7 Å². The Bertz CT molecular complexity index is 363. The SMILES string of the molecule is CCCCCN[C@@H](Cc1ccc(O)cc1)C(N)=O. The number of phenolic OH excluding ortho intramolecular Hbond substituents is 1. The van der Waals surface area contributed by atoms with E-state index in [0.717, 1.165) is 31.4 Å². The predicted octanol–water partition coefficient (Wildman–Crippen LogP) is 1.57. The van der Waals surface area contributed by atoms with E-state index in [2.05, 4.69) is 12.2 Å². The Morgan fingerprint density at radius 3 is 2.56 bits per heavy atom. The smallest absolute Gasteiger partial charge is 0.234 e. The molecule has 0 spiro atoms. The van der Waals surface area contributed by atoms with E-state index < -0.39 is 0 Å². The van der Waals surface area contributed by atoms with Gasteiger partial charge in [0.25, 0.3) is 0 Å². The zero-order chi connectivity index (χ0) is 13.4. The van der Waals surface area contributed by atoms with Crippen molar-refractivity contribution in [2.45, 2.75) is 38.6 Å². The van der Waals surface area contributed by atoms with Crippen molar-refractivity contribution in [3.8, 4) is 5.75 Å². The summed E-state index contributed by atoms with van der Waals surface area (Å²) >= 11 is 0. The summed E-state index contributed by atoms with van der Waals surface area (Å²) in [6.07, 6.45) is 3.91. The number of primary amides is 1. The summed E-state index contributed by atoms with van der Waals surface area (Å²) in [7, 11) is 0. The molecule has 0 saturated carbocycles. The van der Waals surface area contributed by atoms with Gasteiger partial charge in [-0.15, -0.1) is 0 Å². The van der Waals surface area contributed by atoms with Gasteiger partial charge in [0.1, 0.15) is 5.75 Å². The molecule has 0 aliphatic carbocycles. The standard InChI is InChI=1S/C14H22N2O2/c1-2-3-4-9-16-13(14(15)18)10-11-5-7-12(17)8-6-11/h5-8,13,16-17H,2-4,9-10H2,1H3,(H2,15,18)/t13-/m0/s1. The third kappa shape index (κ3) is 5.19. The molecule has 0 unspecified atom stereocenters. The fraction of sp³-hybridized carbons (Fsp3) is 0.500. The maximum absolute atomic E-state index is 11.3. The lowest BCUT2D eigenvalue weighted by Crippen LogP contribution is -2.43. The van der Waals surface area contributed by atoms with Crippen molar-refractivity contribution < 1.29 is 9.90 Å². The zero-order valence-electron chi connectivity index (χ0n) is 10.9. The number of nitrogens with one attached hydrogen (secondary N) is 1. The normalized spacial score (nSPS) is 12.3. The highest BCUT2D eigenvalue weighted by atomic mass is 16.3. The lowest BCUT2D eigenvalue weighted by molar-refractivity contribution is -0.120. The lowest BCUT2D eigenvalue weighted by atomic mass is 10.1. The van der Waals surface area contributed by atoms with Gasteiger partial charge in [0, 0.05) is 0 Å². The highest BCUT2D eigenvalue weighted by Crippen LogP contribution is 2.11. The fourth-order valence-electron chi connectivity index (χ4n) is 1.79. The molecule has 1 atom stereocenters. The molecule has 0 radical (unpaired) electrons. The van der Waals surface area contributed by atoms with Crippen LogP contribution in [0.25, 0.3) is 0 Å². The largest absolute Gasteiger partial charge is 0.508 e. The van der Waals surface area contributed by atoms with Gasteiger partial charge < -0.3 is 16.2 Å². The molecule has 0 heterocycles. The second-order valence-electron chi connectivity index (χ2n) is 4.49. The lowest BCUT2D eigenvalue weighted by Gasteiger charge is -2.15. The average molecular weight is 250 g/mol. The number of rotatable bonds is 8. The number of aromatic hydroxyl groups is 1. The number of nitrogens with two attached hydrogens (primary N) is 1. The Morgan fingerprint density at radius 1 is 1.33 bits per heavy atom. The van der Waals surface area contributed by atoms with E-state index >= 15 is 0 Å². The summed E-state index contributed by atoms with van der Waals surface area (Å²) in [6, 6.07) is 6.50. The molecule has 0 saturated heterocycles. The Morgan fingerprint density at radius 2 is 2.00 bits per heavy atom. The Hall–Kier alpha value is -1.55. The van der Waals surface area contributed by atoms with Crippen LogP contribution in [0.15, 0.2) is 24.3 Å². The molecule has 1 aromatic rings. The molecule has 1 rings (SSSR count). The van der Waals surface area contributed by atoms with E-state index in [1.54, 1.807) is 24.3 Å². The van der Waals surface area contributed by atoms with Crippen LogP contribution < -0.4 is 11.1 Å². The fourth-order valence-corrected chi connectivity index (χ4v) is 1.79. The summed E-state index contributed by atoms with van der Waals surface area (Å²) in [6.45, 7) is 2.95. The van der Waals surface area contributed by atoms with Crippen molar-refractivity contribution in [2.24, 2.45) is 5.73 Å². The van der Waals surface area contributed by atoms with Gasteiger partial charge in [0.15, 0.2) is 0 Å². The molecule has 100 valence electrons. The molecule has 0 aliphatic heterocycles. The van der Waals surface area contributed by atoms with Gasteiger partial charge >= 0.3 is 0 Å². The van der Waals surface area contributed by atoms with Crippen molar-refractivity contribution in [2.75, 3.05) is 6.54 Å². The molecular weight excluding hydrogens is 228 g/mol. The first-order chi connectivity index (χ1) is 8.63. The van der Waals surface area contributed by atoms with Gasteiger partial charge in [0.2, 0.25) is 5.91 Å². The van der Waals surface area contributed by atoms with Crippen molar-refractivity contribution in [1.29, 1.82) is 0 Å². The third-order valence-electron chi connectivity index (χ3n) is 2.89. The molecule has 0 fully saturated rings. The van der Waals surface area contributed by atoms with Gasteiger partial charge in [-0.25, -0.2) is 0 Å². The van der Waals surface area contributed by atoms with E-state index in [9.17, 15) is 9.90 Å². The number of phenols is 1.